The Kier molecular flexibility index (Phi) is 4.24. The van der Waals surface area contributed by atoms with Gasteiger partial charge in [0.25, 0.3) is 0 Å². The standard InChI is InChI=1S/C15H22N2O/c1-11-8-9-14(13(16)10-11)17-15(18)12-6-4-2-3-5-7-12/h8-10,12H,2-7,16H2,1H3,(H,17,18). The summed E-state index contributed by atoms with van der Waals surface area (Å²) < 4.78 is 0. The van der Waals surface area contributed by atoms with Crippen LogP contribution in [-0.2, 0) is 4.79 Å². The van der Waals surface area contributed by atoms with Crippen molar-refractivity contribution in [2.24, 2.45) is 5.92 Å². The Hall–Kier alpha value is -1.51. The number of nitrogens with two attached hydrogens (primary N) is 1. The highest BCUT2D eigenvalue weighted by Gasteiger charge is 2.20. The molecule has 2 rings (SSSR count). The SMILES string of the molecule is Cc1ccc(NC(=O)C2CCCCCC2)c(N)c1. The van der Waals surface area contributed by atoms with Crippen molar-refractivity contribution in [1.29, 1.82) is 0 Å². The first kappa shape index (κ1) is 12.9. The molecular formula is C15H22N2O. The molecule has 1 aliphatic rings. The molecule has 3 nitrogen and oxygen atoms in total. The van der Waals surface area contributed by atoms with E-state index in [0.29, 0.717) is 5.69 Å². The zero-order valence-corrected chi connectivity index (χ0v) is 11.0. The lowest BCUT2D eigenvalue weighted by molar-refractivity contribution is -0.120. The number of anilines is 2. The molecule has 0 aliphatic heterocycles. The molecule has 98 valence electrons. The first-order valence-corrected chi connectivity index (χ1v) is 6.84. The van der Waals surface area contributed by atoms with E-state index in [1.807, 2.05) is 25.1 Å². The molecule has 0 bridgehead atoms. The van der Waals surface area contributed by atoms with Crippen molar-refractivity contribution in [3.63, 3.8) is 0 Å². The van der Waals surface area contributed by atoms with Crippen LogP contribution in [0, 0.1) is 12.8 Å². The molecule has 1 saturated carbocycles. The molecule has 18 heavy (non-hydrogen) atoms. The number of amides is 1. The molecule has 0 atom stereocenters. The molecule has 3 N–H and O–H groups in total. The zero-order chi connectivity index (χ0) is 13.0. The van der Waals surface area contributed by atoms with Crippen molar-refractivity contribution in [2.45, 2.75) is 45.4 Å². The molecular weight excluding hydrogens is 224 g/mol. The number of hydrogen-bond acceptors (Lipinski definition) is 2. The van der Waals surface area contributed by atoms with Gasteiger partial charge in [0.2, 0.25) is 5.91 Å². The Balaban J connectivity index is 2.01. The molecule has 0 saturated heterocycles. The number of nitrogen functional groups attached to an aromatic ring is 1. The third-order valence-electron chi connectivity index (χ3n) is 3.69. The van der Waals surface area contributed by atoms with Gasteiger partial charge in [-0.1, -0.05) is 31.7 Å². The molecule has 0 spiro atoms. The van der Waals surface area contributed by atoms with Crippen LogP contribution in [0.5, 0.6) is 0 Å². The molecule has 0 radical (unpaired) electrons. The Morgan fingerprint density at radius 2 is 1.89 bits per heavy atom. The van der Waals surface area contributed by atoms with E-state index in [0.717, 1.165) is 24.1 Å². The number of carbonyl (C=O) groups excluding carboxylic acids is 1. The Labute approximate surface area is 109 Å². The minimum atomic E-state index is 0.132. The van der Waals surface area contributed by atoms with Gasteiger partial charge in [-0.15, -0.1) is 0 Å². The summed E-state index contributed by atoms with van der Waals surface area (Å²) in [5.41, 5.74) is 8.42. The summed E-state index contributed by atoms with van der Waals surface area (Å²) in [4.78, 5) is 12.2. The van der Waals surface area contributed by atoms with Crippen molar-refractivity contribution < 1.29 is 4.79 Å². The van der Waals surface area contributed by atoms with E-state index >= 15 is 0 Å². The van der Waals surface area contributed by atoms with E-state index in [-0.39, 0.29) is 11.8 Å². The van der Waals surface area contributed by atoms with Crippen molar-refractivity contribution >= 4 is 17.3 Å². The minimum absolute atomic E-state index is 0.132. The third-order valence-corrected chi connectivity index (χ3v) is 3.69. The van der Waals surface area contributed by atoms with Gasteiger partial charge in [0.15, 0.2) is 0 Å². The van der Waals surface area contributed by atoms with Crippen LogP contribution in [0.1, 0.15) is 44.1 Å². The Morgan fingerprint density at radius 1 is 1.22 bits per heavy atom. The lowest BCUT2D eigenvalue weighted by Crippen LogP contribution is -2.22. The number of aryl methyl sites for hydroxylation is 1. The van der Waals surface area contributed by atoms with Gasteiger partial charge in [-0.05, 0) is 37.5 Å². The maximum absolute atomic E-state index is 12.2. The highest BCUT2D eigenvalue weighted by atomic mass is 16.1. The van der Waals surface area contributed by atoms with E-state index in [9.17, 15) is 4.79 Å². The fraction of sp³-hybridized carbons (Fsp3) is 0.533. The highest BCUT2D eigenvalue weighted by molar-refractivity contribution is 5.95. The quantitative estimate of drug-likeness (QED) is 0.620. The van der Waals surface area contributed by atoms with Gasteiger partial charge in [0.1, 0.15) is 0 Å². The smallest absolute Gasteiger partial charge is 0.227 e. The van der Waals surface area contributed by atoms with Gasteiger partial charge in [-0.3, -0.25) is 4.79 Å². The molecule has 0 aromatic heterocycles. The summed E-state index contributed by atoms with van der Waals surface area (Å²) in [6.07, 6.45) is 6.88. The number of nitrogens with one attached hydrogen (secondary N) is 1. The second-order valence-corrected chi connectivity index (χ2v) is 5.27. The summed E-state index contributed by atoms with van der Waals surface area (Å²) >= 11 is 0. The second kappa shape index (κ2) is 5.89. The van der Waals surface area contributed by atoms with Crippen LogP contribution < -0.4 is 11.1 Å². The fourth-order valence-corrected chi connectivity index (χ4v) is 2.57. The molecule has 1 fully saturated rings. The van der Waals surface area contributed by atoms with Crippen LogP contribution in [-0.4, -0.2) is 5.91 Å². The number of benzene rings is 1. The van der Waals surface area contributed by atoms with Gasteiger partial charge in [-0.25, -0.2) is 0 Å². The normalized spacial score (nSPS) is 17.2. The molecule has 3 heteroatoms. The topological polar surface area (TPSA) is 55.1 Å². The summed E-state index contributed by atoms with van der Waals surface area (Å²) in [5, 5.41) is 2.97. The zero-order valence-electron chi connectivity index (χ0n) is 11.0. The molecule has 0 unspecified atom stereocenters. The predicted molar refractivity (Wildman–Crippen MR) is 75.4 cm³/mol. The Bertz CT molecular complexity index is 421. The van der Waals surface area contributed by atoms with Gasteiger partial charge in [-0.2, -0.15) is 0 Å². The lowest BCUT2D eigenvalue weighted by Gasteiger charge is -2.15. The van der Waals surface area contributed by atoms with E-state index in [4.69, 9.17) is 5.73 Å². The molecule has 1 aromatic rings. The van der Waals surface area contributed by atoms with Crippen LogP contribution in [0.25, 0.3) is 0 Å². The van der Waals surface area contributed by atoms with Crippen LogP contribution in [0.3, 0.4) is 0 Å². The summed E-state index contributed by atoms with van der Waals surface area (Å²) in [6.45, 7) is 1.99. The first-order chi connectivity index (χ1) is 8.66. The highest BCUT2D eigenvalue weighted by Crippen LogP contribution is 2.26. The maximum Gasteiger partial charge on any atom is 0.227 e. The van der Waals surface area contributed by atoms with Crippen molar-refractivity contribution in [3.8, 4) is 0 Å². The summed E-state index contributed by atoms with van der Waals surface area (Å²) in [6, 6.07) is 5.75. The van der Waals surface area contributed by atoms with Crippen LogP contribution in [0.2, 0.25) is 0 Å². The van der Waals surface area contributed by atoms with E-state index in [1.54, 1.807) is 0 Å². The maximum atomic E-state index is 12.2. The largest absolute Gasteiger partial charge is 0.397 e. The monoisotopic (exact) mass is 246 g/mol. The predicted octanol–water partition coefficient (Wildman–Crippen LogP) is 3.49. The van der Waals surface area contributed by atoms with Crippen LogP contribution >= 0.6 is 0 Å². The van der Waals surface area contributed by atoms with Gasteiger partial charge in [0.05, 0.1) is 11.4 Å². The summed E-state index contributed by atoms with van der Waals surface area (Å²) in [5.74, 6) is 0.292. The summed E-state index contributed by atoms with van der Waals surface area (Å²) in [7, 11) is 0. The van der Waals surface area contributed by atoms with Crippen LogP contribution in [0.15, 0.2) is 18.2 Å². The van der Waals surface area contributed by atoms with Gasteiger partial charge >= 0.3 is 0 Å². The van der Waals surface area contributed by atoms with Gasteiger partial charge in [0, 0.05) is 5.92 Å². The van der Waals surface area contributed by atoms with Crippen molar-refractivity contribution in [3.05, 3.63) is 23.8 Å². The van der Waals surface area contributed by atoms with E-state index in [1.165, 1.54) is 25.7 Å². The molecule has 1 aliphatic carbocycles. The second-order valence-electron chi connectivity index (χ2n) is 5.27. The Morgan fingerprint density at radius 3 is 2.50 bits per heavy atom. The first-order valence-electron chi connectivity index (χ1n) is 6.84. The van der Waals surface area contributed by atoms with E-state index in [2.05, 4.69) is 5.32 Å². The molecule has 1 amide bonds. The van der Waals surface area contributed by atoms with Gasteiger partial charge < -0.3 is 11.1 Å². The minimum Gasteiger partial charge on any atom is -0.397 e. The number of rotatable bonds is 2. The lowest BCUT2D eigenvalue weighted by atomic mass is 9.99. The van der Waals surface area contributed by atoms with Crippen molar-refractivity contribution in [1.82, 2.24) is 0 Å². The third kappa shape index (κ3) is 3.25. The molecule has 1 aromatic carbocycles. The van der Waals surface area contributed by atoms with Crippen molar-refractivity contribution in [2.75, 3.05) is 11.1 Å². The number of hydrogen-bond donors (Lipinski definition) is 2. The fourth-order valence-electron chi connectivity index (χ4n) is 2.57. The average Bonchev–Trinajstić information content (AvgIpc) is 2.61. The average molecular weight is 246 g/mol. The van der Waals surface area contributed by atoms with Crippen LogP contribution in [0.4, 0.5) is 11.4 Å². The molecule has 0 heterocycles. The number of carbonyl (C=O) groups is 1. The van der Waals surface area contributed by atoms with E-state index < -0.39 is 0 Å².